The van der Waals surface area contributed by atoms with E-state index in [0.29, 0.717) is 23.9 Å². The molecule has 0 radical (unpaired) electrons. The van der Waals surface area contributed by atoms with Gasteiger partial charge in [-0.05, 0) is 36.7 Å². The molecule has 0 aliphatic heterocycles. The van der Waals surface area contributed by atoms with Crippen molar-refractivity contribution in [3.8, 4) is 11.5 Å². The fourth-order valence-electron chi connectivity index (χ4n) is 2.66. The molecule has 1 aromatic heterocycles. The largest absolute Gasteiger partial charge is 0.419 e. The molecule has 0 spiro atoms. The quantitative estimate of drug-likeness (QED) is 0.472. The molecule has 0 bridgehead atoms. The molecular weight excluding hydrogens is 332 g/mol. The average molecular weight is 352 g/mol. The molecule has 0 saturated carbocycles. The van der Waals surface area contributed by atoms with Crippen molar-refractivity contribution in [3.05, 3.63) is 75.7 Å². The normalized spacial score (nSPS) is 11.0. The summed E-state index contributed by atoms with van der Waals surface area (Å²) in [7, 11) is 0. The predicted molar refractivity (Wildman–Crippen MR) is 97.4 cm³/mol. The van der Waals surface area contributed by atoms with Crippen LogP contribution >= 0.6 is 0 Å². The Labute approximate surface area is 151 Å². The van der Waals surface area contributed by atoms with Gasteiger partial charge in [0.2, 0.25) is 11.8 Å². The molecule has 0 saturated heterocycles. The summed E-state index contributed by atoms with van der Waals surface area (Å²) in [5.41, 5.74) is 3.22. The van der Waals surface area contributed by atoms with E-state index >= 15 is 0 Å². The maximum absolute atomic E-state index is 10.7. The van der Waals surface area contributed by atoms with Gasteiger partial charge in [0, 0.05) is 24.2 Å². The summed E-state index contributed by atoms with van der Waals surface area (Å²) < 4.78 is 5.74. The lowest BCUT2D eigenvalue weighted by molar-refractivity contribution is -0.384. The van der Waals surface area contributed by atoms with Crippen LogP contribution < -0.4 is 0 Å². The van der Waals surface area contributed by atoms with E-state index in [1.807, 2.05) is 12.1 Å². The first-order valence-corrected chi connectivity index (χ1v) is 8.41. The Hall–Kier alpha value is -3.06. The Morgan fingerprint density at radius 3 is 2.46 bits per heavy atom. The summed E-state index contributed by atoms with van der Waals surface area (Å²) in [6.07, 6.45) is 0. The Kier molecular flexibility index (Phi) is 5.38. The van der Waals surface area contributed by atoms with Crippen LogP contribution in [-0.2, 0) is 13.1 Å². The number of hydrogen-bond donors (Lipinski definition) is 0. The fraction of sp³-hybridized carbons (Fsp3) is 0.263. The number of aromatic nitrogens is 2. The van der Waals surface area contributed by atoms with Gasteiger partial charge in [-0.25, -0.2) is 0 Å². The summed E-state index contributed by atoms with van der Waals surface area (Å²) >= 11 is 0. The van der Waals surface area contributed by atoms with Crippen molar-refractivity contribution < 1.29 is 9.34 Å². The monoisotopic (exact) mass is 352 g/mol. The highest BCUT2D eigenvalue weighted by Gasteiger charge is 2.14. The molecule has 7 nitrogen and oxygen atoms in total. The van der Waals surface area contributed by atoms with Gasteiger partial charge < -0.3 is 4.42 Å². The van der Waals surface area contributed by atoms with Crippen molar-refractivity contribution in [3.63, 3.8) is 0 Å². The van der Waals surface area contributed by atoms with E-state index in [4.69, 9.17) is 4.42 Å². The van der Waals surface area contributed by atoms with Crippen molar-refractivity contribution in [1.29, 1.82) is 0 Å². The van der Waals surface area contributed by atoms with Gasteiger partial charge in [0.15, 0.2) is 0 Å². The number of nitro benzene ring substituents is 1. The highest BCUT2D eigenvalue weighted by Crippen LogP contribution is 2.22. The van der Waals surface area contributed by atoms with Crippen LogP contribution in [-0.4, -0.2) is 26.6 Å². The SMILES string of the molecule is CCN(Cc1nnc(-c2ccc([N+](=O)[O-])cc2)o1)Cc1ccccc1C. The topological polar surface area (TPSA) is 85.3 Å². The molecule has 3 rings (SSSR count). The second kappa shape index (κ2) is 7.88. The van der Waals surface area contributed by atoms with Gasteiger partial charge in [0.05, 0.1) is 11.5 Å². The smallest absolute Gasteiger partial charge is 0.269 e. The third-order valence-electron chi connectivity index (χ3n) is 4.25. The van der Waals surface area contributed by atoms with Crippen molar-refractivity contribution in [2.24, 2.45) is 0 Å². The zero-order chi connectivity index (χ0) is 18.5. The van der Waals surface area contributed by atoms with E-state index in [1.165, 1.54) is 23.3 Å². The molecule has 0 amide bonds. The number of hydrogen-bond acceptors (Lipinski definition) is 6. The van der Waals surface area contributed by atoms with Crippen LogP contribution in [0.4, 0.5) is 5.69 Å². The number of aryl methyl sites for hydroxylation is 1. The van der Waals surface area contributed by atoms with Gasteiger partial charge in [-0.1, -0.05) is 31.2 Å². The number of nitrogens with zero attached hydrogens (tertiary/aromatic N) is 4. The molecular formula is C19H20N4O3. The van der Waals surface area contributed by atoms with E-state index in [-0.39, 0.29) is 5.69 Å². The first kappa shape index (κ1) is 17.8. The maximum Gasteiger partial charge on any atom is 0.269 e. The molecule has 26 heavy (non-hydrogen) atoms. The predicted octanol–water partition coefficient (Wildman–Crippen LogP) is 3.98. The van der Waals surface area contributed by atoms with Gasteiger partial charge in [0.25, 0.3) is 5.69 Å². The highest BCUT2D eigenvalue weighted by molar-refractivity contribution is 5.55. The molecule has 134 valence electrons. The van der Waals surface area contributed by atoms with E-state index in [1.54, 1.807) is 12.1 Å². The lowest BCUT2D eigenvalue weighted by Crippen LogP contribution is -2.22. The van der Waals surface area contributed by atoms with E-state index < -0.39 is 4.92 Å². The van der Waals surface area contributed by atoms with Crippen LogP contribution in [0.1, 0.15) is 23.9 Å². The minimum atomic E-state index is -0.437. The summed E-state index contributed by atoms with van der Waals surface area (Å²) in [6, 6.07) is 14.4. The van der Waals surface area contributed by atoms with Crippen LogP contribution in [0.25, 0.3) is 11.5 Å². The Morgan fingerprint density at radius 1 is 1.08 bits per heavy atom. The molecule has 0 unspecified atom stereocenters. The second-order valence-electron chi connectivity index (χ2n) is 6.03. The van der Waals surface area contributed by atoms with Gasteiger partial charge in [-0.15, -0.1) is 10.2 Å². The lowest BCUT2D eigenvalue weighted by atomic mass is 10.1. The van der Waals surface area contributed by atoms with Crippen molar-refractivity contribution in [1.82, 2.24) is 15.1 Å². The van der Waals surface area contributed by atoms with Crippen molar-refractivity contribution >= 4 is 5.69 Å². The number of benzene rings is 2. The Morgan fingerprint density at radius 2 is 1.81 bits per heavy atom. The number of non-ortho nitro benzene ring substituents is 1. The van der Waals surface area contributed by atoms with Crippen molar-refractivity contribution in [2.45, 2.75) is 26.9 Å². The Bertz CT molecular complexity index is 890. The number of rotatable bonds is 7. The third kappa shape index (κ3) is 4.12. The van der Waals surface area contributed by atoms with Crippen LogP contribution in [0.15, 0.2) is 52.9 Å². The minimum Gasteiger partial charge on any atom is -0.419 e. The summed E-state index contributed by atoms with van der Waals surface area (Å²) in [4.78, 5) is 12.5. The molecule has 0 aliphatic rings. The molecule has 1 heterocycles. The highest BCUT2D eigenvalue weighted by atomic mass is 16.6. The molecule has 0 fully saturated rings. The summed E-state index contributed by atoms with van der Waals surface area (Å²) in [6.45, 7) is 6.39. The Balaban J connectivity index is 1.70. The third-order valence-corrected chi connectivity index (χ3v) is 4.25. The van der Waals surface area contributed by atoms with Gasteiger partial charge in [0.1, 0.15) is 0 Å². The van der Waals surface area contributed by atoms with Crippen LogP contribution in [0, 0.1) is 17.0 Å². The van der Waals surface area contributed by atoms with Gasteiger partial charge >= 0.3 is 0 Å². The standard InChI is InChI=1S/C19H20N4O3/c1-3-22(12-16-7-5-4-6-14(16)2)13-18-20-21-19(26-18)15-8-10-17(11-9-15)23(24)25/h4-11H,3,12-13H2,1-2H3. The van der Waals surface area contributed by atoms with Gasteiger partial charge in [-0.3, -0.25) is 15.0 Å². The molecule has 0 N–H and O–H groups in total. The van der Waals surface area contributed by atoms with Crippen LogP contribution in [0.2, 0.25) is 0 Å². The van der Waals surface area contributed by atoms with Crippen LogP contribution in [0.5, 0.6) is 0 Å². The molecule has 0 aliphatic carbocycles. The fourth-order valence-corrected chi connectivity index (χ4v) is 2.66. The molecule has 2 aromatic carbocycles. The second-order valence-corrected chi connectivity index (χ2v) is 6.03. The van der Waals surface area contributed by atoms with E-state index in [0.717, 1.165) is 13.1 Å². The van der Waals surface area contributed by atoms with E-state index in [9.17, 15) is 10.1 Å². The number of nitro groups is 1. The zero-order valence-corrected chi connectivity index (χ0v) is 14.8. The lowest BCUT2D eigenvalue weighted by Gasteiger charge is -2.19. The molecule has 7 heteroatoms. The summed E-state index contributed by atoms with van der Waals surface area (Å²) in [5.74, 6) is 0.885. The first-order chi connectivity index (χ1) is 12.6. The minimum absolute atomic E-state index is 0.0314. The van der Waals surface area contributed by atoms with Crippen LogP contribution in [0.3, 0.4) is 0 Å². The van der Waals surface area contributed by atoms with E-state index in [2.05, 4.69) is 41.1 Å². The average Bonchev–Trinajstić information content (AvgIpc) is 3.11. The summed E-state index contributed by atoms with van der Waals surface area (Å²) in [5, 5.41) is 18.9. The molecule has 0 atom stereocenters. The van der Waals surface area contributed by atoms with Crippen molar-refractivity contribution in [2.75, 3.05) is 6.54 Å². The van der Waals surface area contributed by atoms with Gasteiger partial charge in [-0.2, -0.15) is 0 Å². The first-order valence-electron chi connectivity index (χ1n) is 8.41. The maximum atomic E-state index is 10.7. The molecule has 3 aromatic rings. The zero-order valence-electron chi connectivity index (χ0n) is 14.8.